The number of para-hydroxylation sites is 1. The van der Waals surface area contributed by atoms with Gasteiger partial charge in [-0.05, 0) is 29.7 Å². The predicted octanol–water partition coefficient (Wildman–Crippen LogP) is 3.55. The molecule has 1 aromatic heterocycles. The molecule has 1 aromatic carbocycles. The number of hydrogen-bond donors (Lipinski definition) is 0. The smallest absolute Gasteiger partial charge is 0.207 e. The second kappa shape index (κ2) is 5.98. The van der Waals surface area contributed by atoms with Crippen LogP contribution in [0, 0.1) is 11.3 Å². The monoisotopic (exact) mass is 269 g/mol. The summed E-state index contributed by atoms with van der Waals surface area (Å²) in [5, 5.41) is 11.0. The first-order valence-electron chi connectivity index (χ1n) is 5.59. The summed E-state index contributed by atoms with van der Waals surface area (Å²) in [4.78, 5) is 13.2. The second-order valence-electron chi connectivity index (χ2n) is 3.71. The van der Waals surface area contributed by atoms with Gasteiger partial charge in [-0.15, -0.1) is 11.3 Å². The van der Waals surface area contributed by atoms with Crippen LogP contribution in [-0.2, 0) is 0 Å². The van der Waals surface area contributed by atoms with Crippen molar-refractivity contribution < 1.29 is 9.53 Å². The summed E-state index contributed by atoms with van der Waals surface area (Å²) in [5.74, 6) is 0.146. The maximum absolute atomic E-state index is 12.3. The summed E-state index contributed by atoms with van der Waals surface area (Å²) in [6.45, 7) is 0. The Morgan fingerprint density at radius 3 is 2.74 bits per heavy atom. The fourth-order valence-electron chi connectivity index (χ4n) is 1.64. The van der Waals surface area contributed by atoms with Gasteiger partial charge in [0.2, 0.25) is 5.78 Å². The van der Waals surface area contributed by atoms with Gasteiger partial charge in [0, 0.05) is 4.88 Å². The van der Waals surface area contributed by atoms with E-state index in [1.165, 1.54) is 18.4 Å². The molecule has 0 saturated carbocycles. The molecular weight excluding hydrogens is 258 g/mol. The number of benzene rings is 1. The molecule has 0 fully saturated rings. The first-order chi connectivity index (χ1) is 9.26. The lowest BCUT2D eigenvalue weighted by molar-refractivity contribution is 0.103. The molecule has 4 heteroatoms. The molecule has 2 aromatic rings. The van der Waals surface area contributed by atoms with E-state index in [4.69, 9.17) is 10.00 Å². The van der Waals surface area contributed by atoms with Gasteiger partial charge in [0.05, 0.1) is 12.7 Å². The number of ether oxygens (including phenoxy) is 1. The van der Waals surface area contributed by atoms with Gasteiger partial charge in [-0.3, -0.25) is 4.79 Å². The van der Waals surface area contributed by atoms with E-state index >= 15 is 0 Å². The molecular formula is C15H11NO2S. The van der Waals surface area contributed by atoms with Crippen LogP contribution in [0.25, 0.3) is 6.08 Å². The third-order valence-electron chi connectivity index (χ3n) is 2.55. The number of carbonyl (C=O) groups excluding carboxylic acids is 1. The van der Waals surface area contributed by atoms with Gasteiger partial charge in [0.1, 0.15) is 17.4 Å². The van der Waals surface area contributed by atoms with E-state index in [0.717, 1.165) is 4.88 Å². The maximum Gasteiger partial charge on any atom is 0.207 e. The Kier molecular flexibility index (Phi) is 4.11. The molecule has 0 aliphatic carbocycles. The highest BCUT2D eigenvalue weighted by molar-refractivity contribution is 7.10. The Morgan fingerprint density at radius 1 is 1.32 bits per heavy atom. The zero-order chi connectivity index (χ0) is 13.7. The van der Waals surface area contributed by atoms with E-state index in [2.05, 4.69) is 0 Å². The van der Waals surface area contributed by atoms with Gasteiger partial charge in [-0.25, -0.2) is 0 Å². The SMILES string of the molecule is COc1ccccc1C(=O)/C(C#N)=C/c1cccs1. The maximum atomic E-state index is 12.3. The second-order valence-corrected chi connectivity index (χ2v) is 4.69. The van der Waals surface area contributed by atoms with Gasteiger partial charge in [-0.2, -0.15) is 5.26 Å². The fraction of sp³-hybridized carbons (Fsp3) is 0.0667. The minimum Gasteiger partial charge on any atom is -0.496 e. The largest absolute Gasteiger partial charge is 0.496 e. The number of hydrogen-bond acceptors (Lipinski definition) is 4. The third kappa shape index (κ3) is 2.90. The van der Waals surface area contributed by atoms with E-state index in [-0.39, 0.29) is 11.4 Å². The molecule has 0 bridgehead atoms. The fourth-order valence-corrected chi connectivity index (χ4v) is 2.30. The summed E-state index contributed by atoms with van der Waals surface area (Å²) in [6, 6.07) is 12.6. The minimum absolute atomic E-state index is 0.104. The Bertz CT molecular complexity index is 651. The lowest BCUT2D eigenvalue weighted by Crippen LogP contribution is -2.04. The Morgan fingerprint density at radius 2 is 2.11 bits per heavy atom. The first-order valence-corrected chi connectivity index (χ1v) is 6.47. The molecule has 0 aliphatic heterocycles. The Labute approximate surface area is 115 Å². The number of thiophene rings is 1. The Balaban J connectivity index is 2.40. The topological polar surface area (TPSA) is 50.1 Å². The van der Waals surface area contributed by atoms with Crippen LogP contribution >= 0.6 is 11.3 Å². The van der Waals surface area contributed by atoms with Gasteiger partial charge in [0.15, 0.2) is 0 Å². The number of nitriles is 1. The van der Waals surface area contributed by atoms with Crippen LogP contribution in [0.1, 0.15) is 15.2 Å². The van der Waals surface area contributed by atoms with Crippen molar-refractivity contribution in [2.24, 2.45) is 0 Å². The number of methoxy groups -OCH3 is 1. The van der Waals surface area contributed by atoms with Crippen molar-refractivity contribution >= 4 is 23.2 Å². The average Bonchev–Trinajstić information content (AvgIpc) is 2.97. The summed E-state index contributed by atoms with van der Waals surface area (Å²) in [6.07, 6.45) is 1.60. The molecule has 0 spiro atoms. The van der Waals surface area contributed by atoms with E-state index < -0.39 is 0 Å². The van der Waals surface area contributed by atoms with Crippen molar-refractivity contribution in [3.8, 4) is 11.8 Å². The van der Waals surface area contributed by atoms with E-state index in [9.17, 15) is 4.79 Å². The van der Waals surface area contributed by atoms with Crippen molar-refractivity contribution in [3.63, 3.8) is 0 Å². The number of nitrogens with zero attached hydrogens (tertiary/aromatic N) is 1. The normalized spacial score (nSPS) is 10.8. The van der Waals surface area contributed by atoms with Gasteiger partial charge >= 0.3 is 0 Å². The molecule has 0 saturated heterocycles. The molecule has 1 heterocycles. The summed E-state index contributed by atoms with van der Waals surface area (Å²) in [5.41, 5.74) is 0.501. The van der Waals surface area contributed by atoms with Gasteiger partial charge < -0.3 is 4.74 Å². The summed E-state index contributed by atoms with van der Waals surface area (Å²) >= 11 is 1.48. The third-order valence-corrected chi connectivity index (χ3v) is 3.37. The number of rotatable bonds is 4. The average molecular weight is 269 g/mol. The minimum atomic E-state index is -0.326. The number of carbonyl (C=O) groups is 1. The zero-order valence-electron chi connectivity index (χ0n) is 10.3. The van der Waals surface area contributed by atoms with E-state index in [1.54, 1.807) is 30.3 Å². The van der Waals surface area contributed by atoms with Crippen LogP contribution < -0.4 is 4.74 Å². The summed E-state index contributed by atoms with van der Waals surface area (Å²) in [7, 11) is 1.50. The number of ketones is 1. The van der Waals surface area contributed by atoms with Gasteiger partial charge in [-0.1, -0.05) is 18.2 Å². The molecule has 19 heavy (non-hydrogen) atoms. The standard InChI is InChI=1S/C15H11NO2S/c1-18-14-7-3-2-6-13(14)15(17)11(10-16)9-12-5-4-8-19-12/h2-9H,1H3/b11-9+. The van der Waals surface area contributed by atoms with Crippen LogP contribution in [0.3, 0.4) is 0 Å². The predicted molar refractivity (Wildman–Crippen MR) is 75.2 cm³/mol. The molecule has 94 valence electrons. The highest BCUT2D eigenvalue weighted by atomic mass is 32.1. The number of allylic oxidation sites excluding steroid dienone is 1. The van der Waals surface area contributed by atoms with Crippen LogP contribution in [0.5, 0.6) is 5.75 Å². The highest BCUT2D eigenvalue weighted by Gasteiger charge is 2.16. The molecule has 0 aliphatic rings. The molecule has 0 N–H and O–H groups in total. The van der Waals surface area contributed by atoms with Crippen molar-refractivity contribution in [1.82, 2.24) is 0 Å². The van der Waals surface area contributed by atoms with Crippen molar-refractivity contribution in [2.75, 3.05) is 7.11 Å². The quantitative estimate of drug-likeness (QED) is 0.484. The highest BCUT2D eigenvalue weighted by Crippen LogP contribution is 2.22. The lowest BCUT2D eigenvalue weighted by atomic mass is 10.0. The molecule has 3 nitrogen and oxygen atoms in total. The number of Topliss-reactive ketones (excluding diaryl/α,β-unsaturated/α-hetero) is 1. The van der Waals surface area contributed by atoms with Crippen LogP contribution in [0.15, 0.2) is 47.4 Å². The van der Waals surface area contributed by atoms with Crippen molar-refractivity contribution in [2.45, 2.75) is 0 Å². The van der Waals surface area contributed by atoms with Crippen molar-refractivity contribution in [1.29, 1.82) is 5.26 Å². The van der Waals surface area contributed by atoms with E-state index in [0.29, 0.717) is 11.3 Å². The molecule has 0 unspecified atom stereocenters. The molecule has 2 rings (SSSR count). The molecule has 0 atom stereocenters. The zero-order valence-corrected chi connectivity index (χ0v) is 11.1. The molecule has 0 amide bonds. The lowest BCUT2D eigenvalue weighted by Gasteiger charge is -2.05. The van der Waals surface area contributed by atoms with E-state index in [1.807, 2.05) is 23.6 Å². The summed E-state index contributed by atoms with van der Waals surface area (Å²) < 4.78 is 5.14. The molecule has 0 radical (unpaired) electrons. The van der Waals surface area contributed by atoms with Crippen molar-refractivity contribution in [3.05, 3.63) is 57.8 Å². The van der Waals surface area contributed by atoms with Crippen LogP contribution in [-0.4, -0.2) is 12.9 Å². The van der Waals surface area contributed by atoms with Gasteiger partial charge in [0.25, 0.3) is 0 Å². The van der Waals surface area contributed by atoms with Crippen LogP contribution in [0.2, 0.25) is 0 Å². The first kappa shape index (κ1) is 13.1. The van der Waals surface area contributed by atoms with Crippen LogP contribution in [0.4, 0.5) is 0 Å². The Hall–Kier alpha value is -2.38.